The molecule has 2 heterocycles. The summed E-state index contributed by atoms with van der Waals surface area (Å²) in [5, 5.41) is 4.26. The van der Waals surface area contributed by atoms with E-state index in [0.29, 0.717) is 11.6 Å². The second kappa shape index (κ2) is 4.84. The first kappa shape index (κ1) is 10.7. The Morgan fingerprint density at radius 2 is 2.33 bits per heavy atom. The van der Waals surface area contributed by atoms with Crippen molar-refractivity contribution in [1.82, 2.24) is 9.78 Å². The predicted molar refractivity (Wildman–Crippen MR) is 62.6 cm³/mol. The van der Waals surface area contributed by atoms with Crippen LogP contribution >= 0.6 is 11.8 Å². The Labute approximate surface area is 94.2 Å². The first-order chi connectivity index (χ1) is 7.35. The minimum Gasteiger partial charge on any atom is -0.296 e. The fourth-order valence-corrected chi connectivity index (χ4v) is 3.19. The third-order valence-electron chi connectivity index (χ3n) is 2.89. The molecule has 0 aromatic carbocycles. The van der Waals surface area contributed by atoms with Crippen molar-refractivity contribution in [2.45, 2.75) is 32.2 Å². The topological polar surface area (TPSA) is 34.9 Å². The molecule has 0 amide bonds. The van der Waals surface area contributed by atoms with E-state index in [1.165, 1.54) is 30.0 Å². The molecule has 0 aliphatic carbocycles. The quantitative estimate of drug-likeness (QED) is 0.739. The van der Waals surface area contributed by atoms with Crippen LogP contribution in [0.25, 0.3) is 0 Å². The number of carbonyl (C=O) groups is 1. The van der Waals surface area contributed by atoms with Crippen molar-refractivity contribution in [2.75, 3.05) is 11.5 Å². The molecule has 82 valence electrons. The lowest BCUT2D eigenvalue weighted by Crippen LogP contribution is -2.13. The summed E-state index contributed by atoms with van der Waals surface area (Å²) in [4.78, 5) is 10.7. The maximum absolute atomic E-state index is 10.7. The van der Waals surface area contributed by atoms with Gasteiger partial charge in [-0.1, -0.05) is 0 Å². The Balaban J connectivity index is 2.24. The maximum Gasteiger partial charge on any atom is 0.170 e. The average Bonchev–Trinajstić information content (AvgIpc) is 2.73. The van der Waals surface area contributed by atoms with Gasteiger partial charge >= 0.3 is 0 Å². The number of carbonyl (C=O) groups excluding carboxylic acids is 1. The number of thioether (sulfide) groups is 1. The van der Waals surface area contributed by atoms with Gasteiger partial charge in [0, 0.05) is 18.2 Å². The molecule has 0 radical (unpaired) electrons. The zero-order valence-electron chi connectivity index (χ0n) is 8.98. The number of nitrogens with zero attached hydrogens (tertiary/aromatic N) is 2. The molecule has 3 nitrogen and oxygen atoms in total. The molecule has 1 aliphatic heterocycles. The van der Waals surface area contributed by atoms with Gasteiger partial charge in [0.1, 0.15) is 5.69 Å². The van der Waals surface area contributed by atoms with Crippen LogP contribution in [-0.2, 0) is 6.54 Å². The zero-order valence-corrected chi connectivity index (χ0v) is 9.80. The Kier molecular flexibility index (Phi) is 3.46. The molecule has 0 spiro atoms. The molecule has 15 heavy (non-hydrogen) atoms. The number of rotatable bonds is 3. The van der Waals surface area contributed by atoms with Gasteiger partial charge in [0.15, 0.2) is 6.29 Å². The Hall–Kier alpha value is -0.770. The summed E-state index contributed by atoms with van der Waals surface area (Å²) in [6.45, 7) is 2.93. The fourth-order valence-electron chi connectivity index (χ4n) is 2.08. The van der Waals surface area contributed by atoms with Crippen LogP contribution in [0.5, 0.6) is 0 Å². The van der Waals surface area contributed by atoms with Gasteiger partial charge in [-0.3, -0.25) is 9.48 Å². The lowest BCUT2D eigenvalue weighted by molar-refractivity contribution is 0.111. The van der Waals surface area contributed by atoms with Crippen LogP contribution in [0.15, 0.2) is 6.07 Å². The second-order valence-corrected chi connectivity index (χ2v) is 5.04. The summed E-state index contributed by atoms with van der Waals surface area (Å²) in [5.74, 6) is 3.07. The van der Waals surface area contributed by atoms with Crippen LogP contribution < -0.4 is 0 Å². The first-order valence-corrected chi connectivity index (χ1v) is 6.61. The molecule has 1 saturated heterocycles. The Bertz CT molecular complexity index is 342. The van der Waals surface area contributed by atoms with Gasteiger partial charge < -0.3 is 0 Å². The minimum atomic E-state index is 0.574. The van der Waals surface area contributed by atoms with Crippen LogP contribution in [0.3, 0.4) is 0 Å². The molecule has 0 N–H and O–H groups in total. The van der Waals surface area contributed by atoms with Crippen LogP contribution in [0, 0.1) is 0 Å². The predicted octanol–water partition coefficient (Wildman–Crippen LogP) is 2.33. The van der Waals surface area contributed by atoms with Gasteiger partial charge in [-0.15, -0.1) is 0 Å². The number of aryl methyl sites for hydroxylation is 1. The van der Waals surface area contributed by atoms with Crippen LogP contribution in [-0.4, -0.2) is 27.6 Å². The summed E-state index contributed by atoms with van der Waals surface area (Å²) >= 11 is 2.02. The van der Waals surface area contributed by atoms with E-state index in [1.54, 1.807) is 0 Å². The third kappa shape index (κ3) is 2.25. The van der Waals surface area contributed by atoms with Crippen molar-refractivity contribution < 1.29 is 4.79 Å². The lowest BCUT2D eigenvalue weighted by Gasteiger charge is -2.21. The molecule has 2 rings (SSSR count). The number of aromatic nitrogens is 2. The summed E-state index contributed by atoms with van der Waals surface area (Å²) in [5.41, 5.74) is 1.82. The van der Waals surface area contributed by atoms with Gasteiger partial charge in [0.2, 0.25) is 0 Å². The fraction of sp³-hybridized carbons (Fsp3) is 0.636. The molecular formula is C11H16N2OS. The van der Waals surface area contributed by atoms with Gasteiger partial charge in [0.05, 0.1) is 0 Å². The third-order valence-corrected chi connectivity index (χ3v) is 3.94. The highest BCUT2D eigenvalue weighted by atomic mass is 32.2. The summed E-state index contributed by atoms with van der Waals surface area (Å²) in [6, 6.07) is 1.96. The largest absolute Gasteiger partial charge is 0.296 e. The molecular weight excluding hydrogens is 208 g/mol. The number of hydrogen-bond donors (Lipinski definition) is 0. The maximum atomic E-state index is 10.7. The van der Waals surface area contributed by atoms with Gasteiger partial charge in [0.25, 0.3) is 0 Å². The summed E-state index contributed by atoms with van der Waals surface area (Å²) < 4.78 is 1.98. The van der Waals surface area contributed by atoms with Gasteiger partial charge in [-0.05, 0) is 37.3 Å². The number of hydrogen-bond acceptors (Lipinski definition) is 3. The summed E-state index contributed by atoms with van der Waals surface area (Å²) in [7, 11) is 0. The molecule has 0 bridgehead atoms. The molecule has 1 aliphatic rings. The van der Waals surface area contributed by atoms with Crippen LogP contribution in [0.2, 0.25) is 0 Å². The highest BCUT2D eigenvalue weighted by molar-refractivity contribution is 7.99. The van der Waals surface area contributed by atoms with E-state index in [2.05, 4.69) is 12.0 Å². The molecule has 0 saturated carbocycles. The van der Waals surface area contributed by atoms with Crippen LogP contribution in [0.4, 0.5) is 0 Å². The first-order valence-electron chi connectivity index (χ1n) is 5.45. The zero-order chi connectivity index (χ0) is 10.7. The highest BCUT2D eigenvalue weighted by Gasteiger charge is 2.20. The highest BCUT2D eigenvalue weighted by Crippen LogP contribution is 2.31. The van der Waals surface area contributed by atoms with Crippen molar-refractivity contribution in [3.63, 3.8) is 0 Å². The van der Waals surface area contributed by atoms with Gasteiger partial charge in [-0.25, -0.2) is 0 Å². The van der Waals surface area contributed by atoms with Crippen molar-refractivity contribution in [1.29, 1.82) is 0 Å². The molecule has 1 aromatic rings. The number of aldehydes is 1. The lowest BCUT2D eigenvalue weighted by atomic mass is 9.98. The summed E-state index contributed by atoms with van der Waals surface area (Å²) in [6.07, 6.45) is 3.27. The monoisotopic (exact) mass is 224 g/mol. The Morgan fingerprint density at radius 1 is 1.60 bits per heavy atom. The molecule has 1 aromatic heterocycles. The molecule has 0 atom stereocenters. The van der Waals surface area contributed by atoms with E-state index in [4.69, 9.17) is 0 Å². The van der Waals surface area contributed by atoms with E-state index < -0.39 is 0 Å². The van der Waals surface area contributed by atoms with E-state index in [1.807, 2.05) is 22.5 Å². The Morgan fingerprint density at radius 3 is 2.93 bits per heavy atom. The SMILES string of the molecule is CCn1nc(C=O)cc1C1CCSCC1. The smallest absolute Gasteiger partial charge is 0.170 e. The van der Waals surface area contributed by atoms with E-state index >= 15 is 0 Å². The van der Waals surface area contributed by atoms with E-state index in [9.17, 15) is 4.79 Å². The van der Waals surface area contributed by atoms with Gasteiger partial charge in [-0.2, -0.15) is 16.9 Å². The van der Waals surface area contributed by atoms with Crippen molar-refractivity contribution in [3.8, 4) is 0 Å². The van der Waals surface area contributed by atoms with E-state index in [-0.39, 0.29) is 0 Å². The molecule has 0 unspecified atom stereocenters. The normalized spacial score (nSPS) is 17.9. The average molecular weight is 224 g/mol. The minimum absolute atomic E-state index is 0.574. The molecule has 1 fully saturated rings. The second-order valence-electron chi connectivity index (χ2n) is 3.81. The molecule has 4 heteroatoms. The standard InChI is InChI=1S/C11H16N2OS/c1-2-13-11(7-10(8-14)12-13)9-3-5-15-6-4-9/h7-9H,2-6H2,1H3. The van der Waals surface area contributed by atoms with Crippen molar-refractivity contribution >= 4 is 18.0 Å². The van der Waals surface area contributed by atoms with Crippen molar-refractivity contribution in [3.05, 3.63) is 17.5 Å². The van der Waals surface area contributed by atoms with E-state index in [0.717, 1.165) is 12.8 Å². The van der Waals surface area contributed by atoms with Crippen LogP contribution in [0.1, 0.15) is 41.9 Å². The van der Waals surface area contributed by atoms with Crippen molar-refractivity contribution in [2.24, 2.45) is 0 Å².